The molecule has 47 heavy (non-hydrogen) atoms. The number of carbonyl (C=O) groups is 2. The second-order valence-corrected chi connectivity index (χ2v) is 15.4. The molecule has 2 aromatic carbocycles. The van der Waals surface area contributed by atoms with E-state index in [0.29, 0.717) is 17.9 Å². The Bertz CT molecular complexity index is 1590. The van der Waals surface area contributed by atoms with Crippen LogP contribution in [0.1, 0.15) is 27.2 Å². The number of carboxylic acid groups (broad SMARTS) is 1. The number of nitrogens with zero attached hydrogens (tertiary/aromatic N) is 4. The molecule has 2 heterocycles. The van der Waals surface area contributed by atoms with E-state index in [1.54, 1.807) is 6.92 Å². The predicted molar refractivity (Wildman–Crippen MR) is 181 cm³/mol. The first-order chi connectivity index (χ1) is 20.5. The number of anilines is 2. The van der Waals surface area contributed by atoms with Gasteiger partial charge in [0.15, 0.2) is 0 Å². The summed E-state index contributed by atoms with van der Waals surface area (Å²) in [6.07, 6.45) is 0.982. The van der Waals surface area contributed by atoms with Crippen LogP contribution >= 0.6 is 69.6 Å². The number of benzene rings is 2. The number of carbonyl (C=O) groups excluding carboxylic acids is 1. The van der Waals surface area contributed by atoms with Crippen molar-refractivity contribution in [1.29, 1.82) is 0 Å². The molecule has 0 saturated carbocycles. The Morgan fingerprint density at radius 2 is 1.06 bits per heavy atom. The molecule has 0 amide bonds. The van der Waals surface area contributed by atoms with Crippen molar-refractivity contribution in [3.05, 3.63) is 54.4 Å². The first kappa shape index (κ1) is 46.1. The largest absolute Gasteiger partial charge is 1.00 e. The van der Waals surface area contributed by atoms with Crippen LogP contribution in [-0.2, 0) is 34.7 Å². The maximum atomic E-state index is 12.7. The molecule has 2 saturated heterocycles. The topological polar surface area (TPSA) is 175 Å². The van der Waals surface area contributed by atoms with Crippen molar-refractivity contribution in [3.8, 4) is 0 Å². The van der Waals surface area contributed by atoms with Crippen LogP contribution in [0.15, 0.2) is 24.3 Å². The fourth-order valence-corrected chi connectivity index (χ4v) is 9.98. The van der Waals surface area contributed by atoms with Crippen LogP contribution in [-0.4, -0.2) is 93.8 Å². The Labute approximate surface area is 316 Å². The molecule has 260 valence electrons. The van der Waals surface area contributed by atoms with Gasteiger partial charge in [0.1, 0.15) is 13.1 Å². The SMILES string of the molecule is C.CCOC(=O)CN1CCCN(c2c(Cl)cc(Cl)cc2Cl)S1(=O)=O.O=C(O)CN1CCCN(c2c(Cl)cc(Cl)cc2Cl)S1(=O)=O.[Li+].[OH-]. The van der Waals surface area contributed by atoms with Crippen molar-refractivity contribution in [3.63, 3.8) is 0 Å². The van der Waals surface area contributed by atoms with Crippen LogP contribution in [0, 0.1) is 0 Å². The standard InChI is InChI=1S/C13H15Cl3N2O4S.C11H11Cl3N2O4S.CH4.Li.H2O/c1-2-22-12(19)8-17-4-3-5-18(23(17,20)21)13-10(15)6-9(14)7-11(13)16;12-7-4-8(13)11(9(14)5-7)16-3-1-2-15(6-10(17)18)21(16,19)20;;;/h6-7H,2-5,8H2,1H3;4-5H,1-3,6H2,(H,17,18);1H4;;1H2/q;;;+1;/p-1. The summed E-state index contributed by atoms with van der Waals surface area (Å²) < 4.78 is 59.3. The van der Waals surface area contributed by atoms with Gasteiger partial charge in [-0.15, -0.1) is 0 Å². The summed E-state index contributed by atoms with van der Waals surface area (Å²) in [4.78, 5) is 22.4. The van der Waals surface area contributed by atoms with E-state index in [2.05, 4.69) is 0 Å². The molecule has 2 fully saturated rings. The van der Waals surface area contributed by atoms with Gasteiger partial charge in [0, 0.05) is 36.2 Å². The van der Waals surface area contributed by atoms with Gasteiger partial charge in [0.2, 0.25) is 0 Å². The molecule has 22 heteroatoms. The second kappa shape index (κ2) is 19.5. The van der Waals surface area contributed by atoms with E-state index in [4.69, 9.17) is 79.4 Å². The Kier molecular flexibility index (Phi) is 19.1. The Morgan fingerprint density at radius 3 is 1.38 bits per heavy atom. The van der Waals surface area contributed by atoms with E-state index in [1.807, 2.05) is 0 Å². The van der Waals surface area contributed by atoms with Crippen LogP contribution in [0.25, 0.3) is 0 Å². The van der Waals surface area contributed by atoms with Crippen molar-refractivity contribution < 1.29 is 60.6 Å². The van der Waals surface area contributed by atoms with Crippen molar-refractivity contribution in [1.82, 2.24) is 8.61 Å². The van der Waals surface area contributed by atoms with Crippen LogP contribution < -0.4 is 27.5 Å². The molecule has 0 aromatic heterocycles. The van der Waals surface area contributed by atoms with Crippen molar-refractivity contribution >= 4 is 113 Å². The number of hydrogen-bond donors (Lipinski definition) is 1. The van der Waals surface area contributed by atoms with Gasteiger partial charge in [-0.1, -0.05) is 77.0 Å². The predicted octanol–water partition coefficient (Wildman–Crippen LogP) is 2.92. The molecule has 0 atom stereocenters. The molecule has 2 aliphatic rings. The fourth-order valence-electron chi connectivity index (χ4n) is 4.34. The van der Waals surface area contributed by atoms with Crippen LogP contribution in [0.5, 0.6) is 0 Å². The maximum Gasteiger partial charge on any atom is 1.00 e. The van der Waals surface area contributed by atoms with E-state index in [1.165, 1.54) is 24.3 Å². The number of aliphatic carboxylic acids is 1. The minimum atomic E-state index is -4.00. The van der Waals surface area contributed by atoms with Crippen LogP contribution in [0.4, 0.5) is 11.4 Å². The molecule has 0 bridgehead atoms. The van der Waals surface area contributed by atoms with Crippen molar-refractivity contribution in [2.75, 3.05) is 54.5 Å². The van der Waals surface area contributed by atoms with Gasteiger partial charge in [-0.3, -0.25) is 18.2 Å². The molecule has 2 N–H and O–H groups in total. The molecule has 4 rings (SSSR count). The average Bonchev–Trinajstić information content (AvgIpc) is 2.88. The number of esters is 1. The van der Waals surface area contributed by atoms with Crippen LogP contribution in [0.2, 0.25) is 30.1 Å². The Hall–Kier alpha value is -0.903. The van der Waals surface area contributed by atoms with Crippen molar-refractivity contribution in [2.24, 2.45) is 0 Å². The number of ether oxygens (including phenoxy) is 1. The third-order valence-corrected chi connectivity index (χ3v) is 11.5. The molecule has 0 aliphatic carbocycles. The summed E-state index contributed by atoms with van der Waals surface area (Å²) in [5.41, 5.74) is 0.268. The first-order valence-electron chi connectivity index (χ1n) is 12.7. The van der Waals surface area contributed by atoms with Gasteiger partial charge in [-0.25, -0.2) is 0 Å². The number of rotatable bonds is 7. The summed E-state index contributed by atoms with van der Waals surface area (Å²) in [6.45, 7) is 1.61. The summed E-state index contributed by atoms with van der Waals surface area (Å²) in [7, 11) is -7.93. The molecular formula is C25H31Cl6LiN4O9S2. The number of halogens is 6. The fraction of sp³-hybridized carbons (Fsp3) is 0.440. The normalized spacial score (nSPS) is 17.2. The van der Waals surface area contributed by atoms with Gasteiger partial charge in [0.05, 0.1) is 38.1 Å². The monoisotopic (exact) mass is 812 g/mol. The summed E-state index contributed by atoms with van der Waals surface area (Å²) in [5, 5.41) is 9.84. The van der Waals surface area contributed by atoms with E-state index in [0.717, 1.165) is 17.2 Å². The van der Waals surface area contributed by atoms with Gasteiger partial charge < -0.3 is 15.3 Å². The Balaban J connectivity index is 0.000000849. The van der Waals surface area contributed by atoms with E-state index in [-0.39, 0.29) is 108 Å². The summed E-state index contributed by atoms with van der Waals surface area (Å²) >= 11 is 36.0. The zero-order chi connectivity index (χ0) is 33.0. The maximum absolute atomic E-state index is 12.7. The van der Waals surface area contributed by atoms with E-state index in [9.17, 15) is 26.4 Å². The quantitative estimate of drug-likeness (QED) is 0.326. The Morgan fingerprint density at radius 1 is 0.723 bits per heavy atom. The molecule has 0 spiro atoms. The van der Waals surface area contributed by atoms with Crippen molar-refractivity contribution in [2.45, 2.75) is 27.2 Å². The minimum absolute atomic E-state index is 0. The molecule has 13 nitrogen and oxygen atoms in total. The van der Waals surface area contributed by atoms with Crippen LogP contribution in [0.3, 0.4) is 0 Å². The summed E-state index contributed by atoms with van der Waals surface area (Å²) in [5.74, 6) is -1.83. The number of hydrogen-bond acceptors (Lipinski definition) is 8. The smallest absolute Gasteiger partial charge is 0.870 e. The number of carboxylic acids is 1. The minimum Gasteiger partial charge on any atom is -0.870 e. The van der Waals surface area contributed by atoms with Gasteiger partial charge in [-0.2, -0.15) is 25.4 Å². The van der Waals surface area contributed by atoms with E-state index < -0.39 is 38.9 Å². The zero-order valence-electron chi connectivity index (χ0n) is 24.3. The van der Waals surface area contributed by atoms with Gasteiger partial charge in [-0.05, 0) is 44.0 Å². The first-order valence-corrected chi connectivity index (χ1v) is 17.8. The van der Waals surface area contributed by atoms with E-state index >= 15 is 0 Å². The third-order valence-electron chi connectivity index (χ3n) is 6.13. The molecule has 2 aliphatic heterocycles. The third kappa shape index (κ3) is 11.3. The molecule has 0 unspecified atom stereocenters. The molecule has 2 aromatic rings. The molecular weight excluding hydrogens is 784 g/mol. The summed E-state index contributed by atoms with van der Waals surface area (Å²) in [6, 6.07) is 5.61. The second-order valence-electron chi connectivity index (χ2n) is 9.17. The average molecular weight is 815 g/mol. The molecule has 0 radical (unpaired) electrons. The van der Waals surface area contributed by atoms with Gasteiger partial charge in [0.25, 0.3) is 0 Å². The van der Waals surface area contributed by atoms with Gasteiger partial charge >= 0.3 is 51.2 Å². The zero-order valence-corrected chi connectivity index (χ0v) is 30.5.